The highest BCUT2D eigenvalue weighted by molar-refractivity contribution is 5.55. The molecule has 5 nitrogen and oxygen atoms in total. The van der Waals surface area contributed by atoms with Crippen LogP contribution in [0.15, 0.2) is 53.3 Å². The summed E-state index contributed by atoms with van der Waals surface area (Å²) in [7, 11) is 4.00. The minimum Gasteiger partial charge on any atom is -0.308 e. The highest BCUT2D eigenvalue weighted by Gasteiger charge is 2.17. The van der Waals surface area contributed by atoms with Crippen LogP contribution < -0.4 is 5.69 Å². The summed E-state index contributed by atoms with van der Waals surface area (Å²) in [5.74, 6) is 0.702. The summed E-state index contributed by atoms with van der Waals surface area (Å²) in [5, 5.41) is 4.68. The Morgan fingerprint density at radius 1 is 1.04 bits per heavy atom. The number of benzene rings is 2. The van der Waals surface area contributed by atoms with Gasteiger partial charge in [-0.25, -0.2) is 4.79 Å². The lowest BCUT2D eigenvalue weighted by Gasteiger charge is -2.10. The van der Waals surface area contributed by atoms with E-state index < -0.39 is 0 Å². The second kappa shape index (κ2) is 7.07. The van der Waals surface area contributed by atoms with E-state index in [9.17, 15) is 4.79 Å². The molecule has 0 aliphatic rings. The van der Waals surface area contributed by atoms with Crippen LogP contribution in [0.3, 0.4) is 0 Å². The van der Waals surface area contributed by atoms with E-state index in [-0.39, 0.29) is 5.69 Å². The molecule has 0 aliphatic heterocycles. The highest BCUT2D eigenvalue weighted by Crippen LogP contribution is 2.19. The number of aryl methyl sites for hydroxylation is 2. The Kier molecular flexibility index (Phi) is 4.86. The van der Waals surface area contributed by atoms with Crippen LogP contribution >= 0.6 is 0 Å². The van der Waals surface area contributed by atoms with E-state index in [1.54, 1.807) is 4.57 Å². The van der Waals surface area contributed by atoms with E-state index in [2.05, 4.69) is 10.00 Å². The molecule has 0 atom stereocenters. The molecule has 0 N–H and O–H groups in total. The number of nitrogens with zero attached hydrogens (tertiary/aromatic N) is 4. The lowest BCUT2D eigenvalue weighted by molar-refractivity contribution is 0.381. The number of aromatic nitrogens is 3. The van der Waals surface area contributed by atoms with Gasteiger partial charge >= 0.3 is 5.69 Å². The van der Waals surface area contributed by atoms with Crippen molar-refractivity contribution in [3.8, 4) is 17.1 Å². The molecule has 0 saturated carbocycles. The average Bonchev–Trinajstić information content (AvgIpc) is 2.92. The van der Waals surface area contributed by atoms with E-state index in [4.69, 9.17) is 0 Å². The predicted molar refractivity (Wildman–Crippen MR) is 101 cm³/mol. The Bertz CT molecular complexity index is 923. The van der Waals surface area contributed by atoms with Gasteiger partial charge in [-0.1, -0.05) is 42.5 Å². The third-order valence-corrected chi connectivity index (χ3v) is 4.26. The summed E-state index contributed by atoms with van der Waals surface area (Å²) >= 11 is 0. The molecule has 5 heteroatoms. The second-order valence-corrected chi connectivity index (χ2v) is 6.63. The Labute approximate surface area is 148 Å². The summed E-state index contributed by atoms with van der Waals surface area (Å²) < 4.78 is 3.29. The van der Waals surface area contributed by atoms with Crippen molar-refractivity contribution in [2.75, 3.05) is 20.6 Å². The third-order valence-electron chi connectivity index (χ3n) is 4.26. The minimum atomic E-state index is -0.102. The molecule has 3 aromatic rings. The van der Waals surface area contributed by atoms with Crippen molar-refractivity contribution in [2.45, 2.75) is 20.4 Å². The molecule has 2 aromatic carbocycles. The summed E-state index contributed by atoms with van der Waals surface area (Å²) in [5.41, 5.74) is 3.82. The van der Waals surface area contributed by atoms with E-state index >= 15 is 0 Å². The monoisotopic (exact) mass is 336 g/mol. The van der Waals surface area contributed by atoms with Gasteiger partial charge in [0.25, 0.3) is 0 Å². The Hall–Kier alpha value is -2.66. The second-order valence-electron chi connectivity index (χ2n) is 6.63. The van der Waals surface area contributed by atoms with E-state index in [1.165, 1.54) is 4.68 Å². The molecule has 0 amide bonds. The van der Waals surface area contributed by atoms with Gasteiger partial charge in [0.15, 0.2) is 5.82 Å². The van der Waals surface area contributed by atoms with E-state index in [1.807, 2.05) is 76.5 Å². The number of hydrogen-bond donors (Lipinski definition) is 0. The van der Waals surface area contributed by atoms with Crippen LogP contribution in [-0.2, 0) is 6.54 Å². The number of hydrogen-bond acceptors (Lipinski definition) is 3. The first-order valence-electron chi connectivity index (χ1n) is 8.45. The topological polar surface area (TPSA) is 43.1 Å². The first-order chi connectivity index (χ1) is 12.0. The van der Waals surface area contributed by atoms with Gasteiger partial charge in [0, 0.05) is 18.7 Å². The molecule has 25 heavy (non-hydrogen) atoms. The normalized spacial score (nSPS) is 11.2. The van der Waals surface area contributed by atoms with Crippen LogP contribution in [-0.4, -0.2) is 39.9 Å². The Morgan fingerprint density at radius 2 is 1.76 bits per heavy atom. The minimum absolute atomic E-state index is 0.102. The number of rotatable bonds is 5. The van der Waals surface area contributed by atoms with Crippen molar-refractivity contribution in [2.24, 2.45) is 0 Å². The largest absolute Gasteiger partial charge is 0.351 e. The quantitative estimate of drug-likeness (QED) is 0.719. The first-order valence-corrected chi connectivity index (χ1v) is 8.45. The average molecular weight is 336 g/mol. The zero-order valence-electron chi connectivity index (χ0n) is 15.2. The number of likely N-dealkylation sites (N-methyl/N-ethyl adjacent to an activating group) is 1. The van der Waals surface area contributed by atoms with E-state index in [0.29, 0.717) is 12.4 Å². The van der Waals surface area contributed by atoms with Gasteiger partial charge in [0.2, 0.25) is 0 Å². The molecular weight excluding hydrogens is 312 g/mol. The molecule has 130 valence electrons. The molecule has 0 fully saturated rings. The van der Waals surface area contributed by atoms with Gasteiger partial charge in [-0.2, -0.15) is 4.68 Å². The summed E-state index contributed by atoms with van der Waals surface area (Å²) in [6, 6.07) is 16.0. The van der Waals surface area contributed by atoms with Crippen LogP contribution in [0, 0.1) is 13.8 Å². The molecule has 0 radical (unpaired) electrons. The van der Waals surface area contributed by atoms with Gasteiger partial charge < -0.3 is 4.90 Å². The molecule has 0 aliphatic carbocycles. The maximum absolute atomic E-state index is 13.1. The summed E-state index contributed by atoms with van der Waals surface area (Å²) in [6.07, 6.45) is 0. The van der Waals surface area contributed by atoms with E-state index in [0.717, 1.165) is 28.9 Å². The zero-order valence-corrected chi connectivity index (χ0v) is 15.2. The van der Waals surface area contributed by atoms with Gasteiger partial charge in [-0.05, 0) is 45.1 Å². The highest BCUT2D eigenvalue weighted by atomic mass is 16.2. The van der Waals surface area contributed by atoms with Crippen LogP contribution in [0.25, 0.3) is 17.1 Å². The van der Waals surface area contributed by atoms with Crippen molar-refractivity contribution in [1.82, 2.24) is 19.2 Å². The third kappa shape index (κ3) is 3.56. The molecule has 0 spiro atoms. The predicted octanol–water partition coefficient (Wildman–Crippen LogP) is 2.88. The standard InChI is InChI=1S/C20H24N4O/c1-15-10-11-16(2)18(14-15)24-20(25)23(13-12-22(3)4)19(21-24)17-8-6-5-7-9-17/h5-11,14H,12-13H2,1-4H3. The molecular formula is C20H24N4O. The van der Waals surface area contributed by atoms with Gasteiger partial charge in [0.1, 0.15) is 0 Å². The fourth-order valence-electron chi connectivity index (χ4n) is 2.80. The Balaban J connectivity index is 2.18. The van der Waals surface area contributed by atoms with Crippen LogP contribution in [0.5, 0.6) is 0 Å². The fourth-order valence-corrected chi connectivity index (χ4v) is 2.80. The molecule has 0 bridgehead atoms. The summed E-state index contributed by atoms with van der Waals surface area (Å²) in [6.45, 7) is 5.40. The lowest BCUT2D eigenvalue weighted by atomic mass is 10.1. The van der Waals surface area contributed by atoms with Crippen molar-refractivity contribution >= 4 is 0 Å². The van der Waals surface area contributed by atoms with Crippen LogP contribution in [0.1, 0.15) is 11.1 Å². The smallest absolute Gasteiger partial charge is 0.308 e. The van der Waals surface area contributed by atoms with Crippen molar-refractivity contribution in [3.05, 3.63) is 70.1 Å². The van der Waals surface area contributed by atoms with Crippen LogP contribution in [0.2, 0.25) is 0 Å². The van der Waals surface area contributed by atoms with Crippen molar-refractivity contribution in [3.63, 3.8) is 0 Å². The maximum atomic E-state index is 13.1. The lowest BCUT2D eigenvalue weighted by Crippen LogP contribution is -2.28. The van der Waals surface area contributed by atoms with Crippen molar-refractivity contribution < 1.29 is 0 Å². The molecule has 0 saturated heterocycles. The molecule has 0 unspecified atom stereocenters. The van der Waals surface area contributed by atoms with Crippen LogP contribution in [0.4, 0.5) is 0 Å². The summed E-state index contributed by atoms with van der Waals surface area (Å²) in [4.78, 5) is 15.2. The molecule has 1 aromatic heterocycles. The Morgan fingerprint density at radius 3 is 2.44 bits per heavy atom. The molecule has 3 rings (SSSR count). The zero-order chi connectivity index (χ0) is 18.0. The van der Waals surface area contributed by atoms with Gasteiger partial charge in [0.05, 0.1) is 5.69 Å². The first kappa shape index (κ1) is 17.2. The van der Waals surface area contributed by atoms with Gasteiger partial charge in [-0.3, -0.25) is 4.57 Å². The maximum Gasteiger partial charge on any atom is 0.351 e. The van der Waals surface area contributed by atoms with Gasteiger partial charge in [-0.15, -0.1) is 5.10 Å². The van der Waals surface area contributed by atoms with Crippen molar-refractivity contribution in [1.29, 1.82) is 0 Å². The molecule has 1 heterocycles. The SMILES string of the molecule is Cc1ccc(C)c(-n2nc(-c3ccccc3)n(CCN(C)C)c2=O)c1. The fraction of sp³-hybridized carbons (Fsp3) is 0.300.